The predicted octanol–water partition coefficient (Wildman–Crippen LogP) is 4.96. The van der Waals surface area contributed by atoms with Gasteiger partial charge in [-0.05, 0) is 43.6 Å². The molecule has 2 saturated heterocycles. The molecule has 0 radical (unpaired) electrons. The van der Waals surface area contributed by atoms with E-state index in [0.29, 0.717) is 18.4 Å². The van der Waals surface area contributed by atoms with Gasteiger partial charge in [0, 0.05) is 11.3 Å². The largest absolute Gasteiger partial charge is 0.354 e. The summed E-state index contributed by atoms with van der Waals surface area (Å²) in [5.74, 6) is 1.86. The van der Waals surface area contributed by atoms with Gasteiger partial charge in [-0.15, -0.1) is 11.8 Å². The van der Waals surface area contributed by atoms with Gasteiger partial charge in [0.25, 0.3) is 0 Å². The van der Waals surface area contributed by atoms with E-state index in [9.17, 15) is 4.79 Å². The molecule has 1 aromatic rings. The van der Waals surface area contributed by atoms with Crippen molar-refractivity contribution < 1.29 is 9.53 Å². The van der Waals surface area contributed by atoms with Crippen molar-refractivity contribution in [3.63, 3.8) is 0 Å². The normalized spacial score (nSPS) is 31.8. The number of hydrogen-bond acceptors (Lipinski definition) is 3. The molecule has 0 bridgehead atoms. The Morgan fingerprint density at radius 3 is 2.64 bits per heavy atom. The van der Waals surface area contributed by atoms with E-state index in [0.717, 1.165) is 31.4 Å². The van der Waals surface area contributed by atoms with E-state index in [1.54, 1.807) is 0 Å². The summed E-state index contributed by atoms with van der Waals surface area (Å²) in [5, 5.41) is 0. The number of ether oxygens (including phenoxy) is 1. The summed E-state index contributed by atoms with van der Waals surface area (Å²) in [6.07, 6.45) is 4.03. The minimum absolute atomic E-state index is 0.230. The summed E-state index contributed by atoms with van der Waals surface area (Å²) >= 11 is 1.90. The molecule has 138 valence electrons. The molecule has 0 spiro atoms. The Kier molecular flexibility index (Phi) is 5.50. The molecule has 2 aliphatic heterocycles. The predicted molar refractivity (Wildman–Crippen MR) is 104 cm³/mol. The fourth-order valence-corrected chi connectivity index (χ4v) is 5.30. The number of unbranched alkanes of at least 4 members (excludes halogenated alkanes) is 1. The van der Waals surface area contributed by atoms with Crippen LogP contribution in [-0.4, -0.2) is 34.9 Å². The van der Waals surface area contributed by atoms with Crippen molar-refractivity contribution in [2.45, 2.75) is 70.0 Å². The van der Waals surface area contributed by atoms with Crippen LogP contribution < -0.4 is 0 Å². The summed E-state index contributed by atoms with van der Waals surface area (Å²) in [4.78, 5) is 16.5. The van der Waals surface area contributed by atoms with E-state index < -0.39 is 0 Å². The molecule has 0 saturated carbocycles. The highest BCUT2D eigenvalue weighted by Gasteiger charge is 2.60. The zero-order valence-electron chi connectivity index (χ0n) is 16.0. The first-order valence-electron chi connectivity index (χ1n) is 9.51. The number of fused-ring (bicyclic) bond motifs is 1. The molecule has 2 fully saturated rings. The monoisotopic (exact) mass is 361 g/mol. The maximum absolute atomic E-state index is 13.2. The third-order valence-corrected chi connectivity index (χ3v) is 6.86. The van der Waals surface area contributed by atoms with Gasteiger partial charge in [-0.2, -0.15) is 0 Å². The first kappa shape index (κ1) is 18.8. The Bertz CT molecular complexity index is 605. The van der Waals surface area contributed by atoms with Crippen molar-refractivity contribution in [3.05, 3.63) is 30.3 Å². The second-order valence-electron chi connectivity index (χ2n) is 8.33. The van der Waals surface area contributed by atoms with Crippen molar-refractivity contribution >= 4 is 17.7 Å². The van der Waals surface area contributed by atoms with Gasteiger partial charge in [0.05, 0.1) is 18.1 Å². The van der Waals surface area contributed by atoms with Crippen LogP contribution in [0.25, 0.3) is 0 Å². The van der Waals surface area contributed by atoms with Crippen LogP contribution >= 0.6 is 11.8 Å². The highest BCUT2D eigenvalue weighted by molar-refractivity contribution is 7.99. The number of carbonyl (C=O) groups excluding carboxylic acids is 1. The number of nitrogens with zero attached hydrogens (tertiary/aromatic N) is 1. The maximum atomic E-state index is 13.2. The zero-order valence-corrected chi connectivity index (χ0v) is 16.8. The van der Waals surface area contributed by atoms with Crippen LogP contribution in [0, 0.1) is 11.3 Å². The molecule has 3 atom stereocenters. The van der Waals surface area contributed by atoms with E-state index in [-0.39, 0.29) is 17.2 Å². The van der Waals surface area contributed by atoms with Gasteiger partial charge in [-0.1, -0.05) is 45.4 Å². The Balaban J connectivity index is 1.52. The number of thioether (sulfide) groups is 1. The SMILES string of the molecule is CC(C)[C@H]1CO[C@]2(C)C[C@@](C)(CCCCSc3ccccc3)C(=O)N12. The third kappa shape index (κ3) is 3.75. The van der Waals surface area contributed by atoms with E-state index in [1.165, 1.54) is 4.90 Å². The average molecular weight is 362 g/mol. The molecule has 1 aromatic carbocycles. The van der Waals surface area contributed by atoms with Crippen molar-refractivity contribution in [2.75, 3.05) is 12.4 Å². The number of hydrogen-bond donors (Lipinski definition) is 0. The quantitative estimate of drug-likeness (QED) is 0.508. The minimum Gasteiger partial charge on any atom is -0.354 e. The van der Waals surface area contributed by atoms with Crippen molar-refractivity contribution in [1.29, 1.82) is 0 Å². The average Bonchev–Trinajstić information content (AvgIpc) is 3.00. The highest BCUT2D eigenvalue weighted by Crippen LogP contribution is 2.50. The molecule has 2 heterocycles. The van der Waals surface area contributed by atoms with Gasteiger partial charge < -0.3 is 9.64 Å². The molecule has 2 aliphatic rings. The molecular weight excluding hydrogens is 330 g/mol. The third-order valence-electron chi connectivity index (χ3n) is 5.76. The first-order valence-corrected chi connectivity index (χ1v) is 10.5. The molecular formula is C21H31NO2S. The van der Waals surface area contributed by atoms with E-state index in [2.05, 4.69) is 62.9 Å². The second kappa shape index (κ2) is 7.32. The lowest BCUT2D eigenvalue weighted by molar-refractivity contribution is -0.142. The van der Waals surface area contributed by atoms with Crippen LogP contribution in [0.2, 0.25) is 0 Å². The molecule has 0 aromatic heterocycles. The first-order chi connectivity index (χ1) is 11.9. The van der Waals surface area contributed by atoms with E-state index in [1.807, 2.05) is 11.8 Å². The maximum Gasteiger partial charge on any atom is 0.231 e. The van der Waals surface area contributed by atoms with Crippen molar-refractivity contribution in [1.82, 2.24) is 4.90 Å². The Labute approximate surface area is 156 Å². The van der Waals surface area contributed by atoms with Crippen LogP contribution in [0.4, 0.5) is 0 Å². The Morgan fingerprint density at radius 2 is 1.96 bits per heavy atom. The summed E-state index contributed by atoms with van der Waals surface area (Å²) in [6, 6.07) is 10.8. The fourth-order valence-electron chi connectivity index (χ4n) is 4.36. The fraction of sp³-hybridized carbons (Fsp3) is 0.667. The van der Waals surface area contributed by atoms with Crippen molar-refractivity contribution in [2.24, 2.45) is 11.3 Å². The summed E-state index contributed by atoms with van der Waals surface area (Å²) in [7, 11) is 0. The smallest absolute Gasteiger partial charge is 0.231 e. The zero-order chi connectivity index (χ0) is 18.1. The lowest BCUT2D eigenvalue weighted by Gasteiger charge is -2.31. The number of carbonyl (C=O) groups is 1. The minimum atomic E-state index is -0.389. The molecule has 1 amide bonds. The van der Waals surface area contributed by atoms with Crippen LogP contribution in [0.5, 0.6) is 0 Å². The highest BCUT2D eigenvalue weighted by atomic mass is 32.2. The van der Waals surface area contributed by atoms with E-state index in [4.69, 9.17) is 4.74 Å². The number of rotatable bonds is 7. The second-order valence-corrected chi connectivity index (χ2v) is 9.50. The Morgan fingerprint density at radius 1 is 1.24 bits per heavy atom. The topological polar surface area (TPSA) is 29.5 Å². The van der Waals surface area contributed by atoms with Gasteiger partial charge in [-0.25, -0.2) is 0 Å². The molecule has 0 N–H and O–H groups in total. The standard InChI is InChI=1S/C21H31NO2S/c1-16(2)18-14-24-21(4)15-20(3,19(23)22(18)21)12-8-9-13-25-17-10-6-5-7-11-17/h5-7,10-11,16,18H,8-9,12-15H2,1-4H3/t18-,20-,21-/m1/s1. The van der Waals surface area contributed by atoms with Crippen LogP contribution in [0.1, 0.15) is 53.4 Å². The molecule has 4 heteroatoms. The molecule has 0 aliphatic carbocycles. The summed E-state index contributed by atoms with van der Waals surface area (Å²) in [6.45, 7) is 9.30. The number of benzene rings is 1. The van der Waals surface area contributed by atoms with Gasteiger partial charge in [0.15, 0.2) is 0 Å². The summed E-state index contributed by atoms with van der Waals surface area (Å²) in [5.41, 5.74) is -0.653. The van der Waals surface area contributed by atoms with Gasteiger partial charge >= 0.3 is 0 Å². The molecule has 0 unspecified atom stereocenters. The molecule has 3 nitrogen and oxygen atoms in total. The lowest BCUT2D eigenvalue weighted by Crippen LogP contribution is -2.46. The molecule has 25 heavy (non-hydrogen) atoms. The van der Waals surface area contributed by atoms with E-state index >= 15 is 0 Å². The van der Waals surface area contributed by atoms with Crippen LogP contribution in [0.3, 0.4) is 0 Å². The lowest BCUT2D eigenvalue weighted by atomic mass is 9.81. The van der Waals surface area contributed by atoms with Gasteiger partial charge in [0.2, 0.25) is 5.91 Å². The Hall–Kier alpha value is -1.00. The van der Waals surface area contributed by atoms with Gasteiger partial charge in [0.1, 0.15) is 5.72 Å². The summed E-state index contributed by atoms with van der Waals surface area (Å²) < 4.78 is 6.09. The van der Waals surface area contributed by atoms with Crippen LogP contribution in [0.15, 0.2) is 35.2 Å². The molecule has 3 rings (SSSR count). The van der Waals surface area contributed by atoms with Crippen molar-refractivity contribution in [3.8, 4) is 0 Å². The van der Waals surface area contributed by atoms with Gasteiger partial charge in [-0.3, -0.25) is 4.79 Å². The van der Waals surface area contributed by atoms with Crippen LogP contribution in [-0.2, 0) is 9.53 Å². The number of amides is 1.